The largest absolute Gasteiger partial charge is 0.495 e. The summed E-state index contributed by atoms with van der Waals surface area (Å²) in [6, 6.07) is 16.7. The van der Waals surface area contributed by atoms with Crippen LogP contribution in [0, 0.1) is 6.92 Å². The van der Waals surface area contributed by atoms with Crippen LogP contribution in [0.4, 0.5) is 11.4 Å². The quantitative estimate of drug-likeness (QED) is 0.636. The van der Waals surface area contributed by atoms with E-state index in [1.54, 1.807) is 30.5 Å². The molecule has 2 aromatic carbocycles. The molecule has 6 heteroatoms. The molecule has 0 atom stereocenters. The molecule has 0 radical (unpaired) electrons. The van der Waals surface area contributed by atoms with Crippen LogP contribution in [0.25, 0.3) is 0 Å². The zero-order valence-corrected chi connectivity index (χ0v) is 15.9. The van der Waals surface area contributed by atoms with Crippen molar-refractivity contribution in [3.63, 3.8) is 0 Å². The number of nitrogens with zero attached hydrogens (tertiary/aromatic N) is 1. The number of hydrogen-bond acceptors (Lipinski definition) is 4. The molecule has 1 amide bonds. The van der Waals surface area contributed by atoms with Gasteiger partial charge in [0.15, 0.2) is 0 Å². The standard InChI is InChI=1S/C21H20ClN3O2/c1-14-5-3-4-6-15(14)13-24-17-9-10-23-19(12-17)21(26)25-18-11-16(22)7-8-20(18)27-2/h3-12H,13H2,1-2H3,(H,23,24)(H,25,26). The Bertz CT molecular complexity index is 960. The normalized spacial score (nSPS) is 10.3. The summed E-state index contributed by atoms with van der Waals surface area (Å²) in [7, 11) is 1.53. The molecule has 0 saturated carbocycles. The van der Waals surface area contributed by atoms with Crippen molar-refractivity contribution in [2.45, 2.75) is 13.5 Å². The number of anilines is 2. The SMILES string of the molecule is COc1ccc(Cl)cc1NC(=O)c1cc(NCc2ccccc2C)ccn1. The Balaban J connectivity index is 1.72. The average molecular weight is 382 g/mol. The number of halogens is 1. The summed E-state index contributed by atoms with van der Waals surface area (Å²) in [4.78, 5) is 16.7. The first-order valence-corrected chi connectivity index (χ1v) is 8.84. The number of methoxy groups -OCH3 is 1. The molecule has 1 aromatic heterocycles. The highest BCUT2D eigenvalue weighted by molar-refractivity contribution is 6.31. The van der Waals surface area contributed by atoms with E-state index in [1.165, 1.54) is 18.2 Å². The van der Waals surface area contributed by atoms with E-state index in [0.29, 0.717) is 28.7 Å². The van der Waals surface area contributed by atoms with Crippen molar-refractivity contribution in [3.05, 3.63) is 82.6 Å². The molecule has 0 spiro atoms. The first-order chi connectivity index (χ1) is 13.1. The fraction of sp³-hybridized carbons (Fsp3) is 0.143. The van der Waals surface area contributed by atoms with Gasteiger partial charge in [0.1, 0.15) is 11.4 Å². The summed E-state index contributed by atoms with van der Waals surface area (Å²) >= 11 is 6.01. The number of amides is 1. The molecule has 0 saturated heterocycles. The lowest BCUT2D eigenvalue weighted by Gasteiger charge is -2.12. The number of pyridine rings is 1. The van der Waals surface area contributed by atoms with Crippen LogP contribution < -0.4 is 15.4 Å². The zero-order chi connectivity index (χ0) is 19.2. The first kappa shape index (κ1) is 18.7. The maximum absolute atomic E-state index is 12.6. The van der Waals surface area contributed by atoms with Crippen LogP contribution in [0.15, 0.2) is 60.8 Å². The van der Waals surface area contributed by atoms with E-state index in [0.717, 1.165) is 5.69 Å². The minimum absolute atomic E-state index is 0.298. The van der Waals surface area contributed by atoms with Gasteiger partial charge in [-0.25, -0.2) is 0 Å². The number of ether oxygens (including phenoxy) is 1. The third-order valence-corrected chi connectivity index (χ3v) is 4.38. The predicted molar refractivity (Wildman–Crippen MR) is 109 cm³/mol. The van der Waals surface area contributed by atoms with Gasteiger partial charge < -0.3 is 15.4 Å². The second-order valence-corrected chi connectivity index (χ2v) is 6.44. The third kappa shape index (κ3) is 4.77. The molecule has 0 fully saturated rings. The van der Waals surface area contributed by atoms with Crippen LogP contribution >= 0.6 is 11.6 Å². The maximum Gasteiger partial charge on any atom is 0.274 e. The fourth-order valence-corrected chi connectivity index (χ4v) is 2.81. The molecule has 0 aliphatic rings. The Morgan fingerprint density at radius 1 is 1.15 bits per heavy atom. The Labute approximate surface area is 163 Å². The molecule has 0 aliphatic carbocycles. The number of benzene rings is 2. The molecule has 138 valence electrons. The lowest BCUT2D eigenvalue weighted by molar-refractivity contribution is 0.102. The molecule has 0 bridgehead atoms. The van der Waals surface area contributed by atoms with E-state index in [4.69, 9.17) is 16.3 Å². The van der Waals surface area contributed by atoms with E-state index in [2.05, 4.69) is 34.7 Å². The molecular weight excluding hydrogens is 362 g/mol. The van der Waals surface area contributed by atoms with Crippen LogP contribution in [0.3, 0.4) is 0 Å². The number of hydrogen-bond donors (Lipinski definition) is 2. The topological polar surface area (TPSA) is 63.2 Å². The minimum Gasteiger partial charge on any atom is -0.495 e. The molecule has 27 heavy (non-hydrogen) atoms. The van der Waals surface area contributed by atoms with E-state index >= 15 is 0 Å². The molecule has 1 heterocycles. The minimum atomic E-state index is -0.338. The number of carbonyl (C=O) groups is 1. The van der Waals surface area contributed by atoms with Crippen LogP contribution in [0.1, 0.15) is 21.6 Å². The van der Waals surface area contributed by atoms with E-state index in [1.807, 2.05) is 18.2 Å². The molecule has 5 nitrogen and oxygen atoms in total. The summed E-state index contributed by atoms with van der Waals surface area (Å²) in [6.07, 6.45) is 1.60. The van der Waals surface area contributed by atoms with Gasteiger partial charge in [-0.3, -0.25) is 9.78 Å². The highest BCUT2D eigenvalue weighted by Crippen LogP contribution is 2.28. The van der Waals surface area contributed by atoms with E-state index in [-0.39, 0.29) is 5.91 Å². The smallest absolute Gasteiger partial charge is 0.274 e. The van der Waals surface area contributed by atoms with Crippen molar-refractivity contribution in [1.29, 1.82) is 0 Å². The third-order valence-electron chi connectivity index (χ3n) is 4.15. The van der Waals surface area contributed by atoms with Crippen molar-refractivity contribution in [1.82, 2.24) is 4.98 Å². The second-order valence-electron chi connectivity index (χ2n) is 6.01. The van der Waals surface area contributed by atoms with Crippen molar-refractivity contribution in [3.8, 4) is 5.75 Å². The van der Waals surface area contributed by atoms with Gasteiger partial charge in [-0.15, -0.1) is 0 Å². The maximum atomic E-state index is 12.6. The van der Waals surface area contributed by atoms with Crippen molar-refractivity contribution < 1.29 is 9.53 Å². The number of rotatable bonds is 6. The van der Waals surface area contributed by atoms with Crippen LogP contribution in [0.5, 0.6) is 5.75 Å². The summed E-state index contributed by atoms with van der Waals surface area (Å²) in [5.41, 5.74) is 4.02. The number of carbonyl (C=O) groups excluding carboxylic acids is 1. The monoisotopic (exact) mass is 381 g/mol. The predicted octanol–water partition coefficient (Wildman–Crippen LogP) is 4.92. The van der Waals surface area contributed by atoms with Gasteiger partial charge in [-0.1, -0.05) is 35.9 Å². The lowest BCUT2D eigenvalue weighted by Crippen LogP contribution is -2.14. The van der Waals surface area contributed by atoms with Gasteiger partial charge in [0.2, 0.25) is 0 Å². The van der Waals surface area contributed by atoms with Crippen LogP contribution in [0.2, 0.25) is 5.02 Å². The Morgan fingerprint density at radius 2 is 1.96 bits per heavy atom. The fourth-order valence-electron chi connectivity index (χ4n) is 2.63. The van der Waals surface area contributed by atoms with Gasteiger partial charge in [0.25, 0.3) is 5.91 Å². The Morgan fingerprint density at radius 3 is 2.74 bits per heavy atom. The summed E-state index contributed by atoms with van der Waals surface area (Å²) in [6.45, 7) is 2.74. The molecule has 0 unspecified atom stereocenters. The van der Waals surface area contributed by atoms with Crippen molar-refractivity contribution in [2.24, 2.45) is 0 Å². The molecule has 3 rings (SSSR count). The van der Waals surface area contributed by atoms with Gasteiger partial charge in [-0.2, -0.15) is 0 Å². The molecular formula is C21H20ClN3O2. The number of aromatic nitrogens is 1. The van der Waals surface area contributed by atoms with Gasteiger partial charge in [0, 0.05) is 23.5 Å². The van der Waals surface area contributed by atoms with Crippen LogP contribution in [-0.4, -0.2) is 18.0 Å². The second kappa shape index (κ2) is 8.56. The average Bonchev–Trinajstić information content (AvgIpc) is 2.68. The number of aryl methyl sites for hydroxylation is 1. The van der Waals surface area contributed by atoms with E-state index < -0.39 is 0 Å². The summed E-state index contributed by atoms with van der Waals surface area (Å²) in [5.74, 6) is 0.191. The Kier molecular flexibility index (Phi) is 5.94. The summed E-state index contributed by atoms with van der Waals surface area (Å²) in [5, 5.41) is 6.62. The number of nitrogens with one attached hydrogen (secondary N) is 2. The zero-order valence-electron chi connectivity index (χ0n) is 15.1. The van der Waals surface area contributed by atoms with Gasteiger partial charge in [-0.05, 0) is 48.4 Å². The Hall–Kier alpha value is -3.05. The summed E-state index contributed by atoms with van der Waals surface area (Å²) < 4.78 is 5.25. The molecule has 2 N–H and O–H groups in total. The van der Waals surface area contributed by atoms with Crippen LogP contribution in [-0.2, 0) is 6.54 Å². The van der Waals surface area contributed by atoms with Gasteiger partial charge in [0.05, 0.1) is 12.8 Å². The highest BCUT2D eigenvalue weighted by Gasteiger charge is 2.12. The van der Waals surface area contributed by atoms with Crippen molar-refractivity contribution in [2.75, 3.05) is 17.7 Å². The van der Waals surface area contributed by atoms with Crippen molar-refractivity contribution >= 4 is 28.9 Å². The first-order valence-electron chi connectivity index (χ1n) is 8.46. The highest BCUT2D eigenvalue weighted by atomic mass is 35.5. The van der Waals surface area contributed by atoms with E-state index in [9.17, 15) is 4.79 Å². The molecule has 3 aromatic rings. The lowest BCUT2D eigenvalue weighted by atomic mass is 10.1. The molecule has 0 aliphatic heterocycles. The van der Waals surface area contributed by atoms with Gasteiger partial charge >= 0.3 is 0 Å².